The lowest BCUT2D eigenvalue weighted by Gasteiger charge is -2.19. The van der Waals surface area contributed by atoms with Crippen LogP contribution in [0.5, 0.6) is 0 Å². The first-order valence-corrected chi connectivity index (χ1v) is 13.0. The van der Waals surface area contributed by atoms with Crippen LogP contribution in [0.3, 0.4) is 0 Å². The van der Waals surface area contributed by atoms with Crippen LogP contribution in [0.4, 0.5) is 0 Å². The minimum Gasteiger partial charge on any atom is -0.478 e. The molecule has 0 aliphatic carbocycles. The number of nitrogens with one attached hydrogen (secondary N) is 2. The number of benzene rings is 3. The van der Waals surface area contributed by atoms with Crippen LogP contribution in [0, 0.1) is 0 Å². The number of aromatic carboxylic acids is 1. The van der Waals surface area contributed by atoms with E-state index in [1.54, 1.807) is 17.6 Å². The Kier molecular flexibility index (Phi) is 9.06. The number of imidazole rings is 1. The fraction of sp³-hybridized carbons (Fsp3) is 0.267. The van der Waals surface area contributed by atoms with E-state index >= 15 is 0 Å². The van der Waals surface area contributed by atoms with Gasteiger partial charge in [0.2, 0.25) is 5.91 Å². The quantitative estimate of drug-likeness (QED) is 0.159. The normalized spacial score (nSPS) is 11.7. The first kappa shape index (κ1) is 27.5. The van der Waals surface area contributed by atoms with Crippen molar-refractivity contribution in [2.45, 2.75) is 51.6 Å². The summed E-state index contributed by atoms with van der Waals surface area (Å²) in [5, 5.41) is 23.4. The molecule has 0 fully saturated rings. The Morgan fingerprint density at radius 3 is 2.38 bits per heavy atom. The van der Waals surface area contributed by atoms with Crippen LogP contribution < -0.4 is 10.8 Å². The van der Waals surface area contributed by atoms with Crippen LogP contribution >= 0.6 is 0 Å². The minimum absolute atomic E-state index is 0.109. The molecule has 0 aliphatic rings. The number of rotatable bonds is 12. The molecule has 0 unspecified atom stereocenters. The van der Waals surface area contributed by atoms with Crippen LogP contribution in [0.2, 0.25) is 0 Å². The maximum absolute atomic E-state index is 13.5. The van der Waals surface area contributed by atoms with Gasteiger partial charge in [-0.2, -0.15) is 0 Å². The van der Waals surface area contributed by atoms with E-state index in [9.17, 15) is 19.5 Å². The van der Waals surface area contributed by atoms with Gasteiger partial charge in [-0.25, -0.2) is 15.3 Å². The van der Waals surface area contributed by atoms with Crippen molar-refractivity contribution in [3.05, 3.63) is 101 Å². The Morgan fingerprint density at radius 1 is 0.974 bits per heavy atom. The molecule has 0 aliphatic heterocycles. The second kappa shape index (κ2) is 12.8. The molecule has 0 bridgehead atoms. The van der Waals surface area contributed by atoms with Gasteiger partial charge in [-0.3, -0.25) is 14.8 Å². The molecule has 0 spiro atoms. The standard InChI is InChI=1S/C30H32N4O5/c1-2-3-8-27-31-18-26(34(27)19-20-9-13-23(14-10-20)30(37)38)29(36)32-25(17-28(35)33-39)16-21-11-12-22-6-4-5-7-24(22)15-21/h4-7,9-15,18,25,39H,2-3,8,16-17,19H2,1H3,(H,32,36)(H,33,35)(H,37,38)/t25-/m1/s1. The van der Waals surface area contributed by atoms with Crippen molar-refractivity contribution in [1.29, 1.82) is 0 Å². The van der Waals surface area contributed by atoms with E-state index in [4.69, 9.17) is 5.21 Å². The number of aromatic nitrogens is 2. The van der Waals surface area contributed by atoms with Gasteiger partial charge in [0.1, 0.15) is 11.5 Å². The molecular formula is C30H32N4O5. The molecule has 4 aromatic rings. The maximum Gasteiger partial charge on any atom is 0.335 e. The molecule has 202 valence electrons. The number of hydroxylamine groups is 1. The number of hydrogen-bond donors (Lipinski definition) is 4. The third-order valence-electron chi connectivity index (χ3n) is 6.65. The molecule has 3 aromatic carbocycles. The van der Waals surface area contributed by atoms with E-state index in [2.05, 4.69) is 17.2 Å². The van der Waals surface area contributed by atoms with Crippen molar-refractivity contribution < 1.29 is 24.7 Å². The van der Waals surface area contributed by atoms with E-state index < -0.39 is 17.9 Å². The molecule has 9 heteroatoms. The van der Waals surface area contributed by atoms with E-state index in [-0.39, 0.29) is 17.9 Å². The Morgan fingerprint density at radius 2 is 1.69 bits per heavy atom. The van der Waals surface area contributed by atoms with E-state index in [0.29, 0.717) is 25.1 Å². The highest BCUT2D eigenvalue weighted by atomic mass is 16.5. The predicted octanol–water partition coefficient (Wildman–Crippen LogP) is 4.36. The first-order valence-electron chi connectivity index (χ1n) is 13.0. The molecule has 9 nitrogen and oxygen atoms in total. The van der Waals surface area contributed by atoms with Crippen molar-refractivity contribution in [2.24, 2.45) is 0 Å². The summed E-state index contributed by atoms with van der Waals surface area (Å²) in [6.45, 7) is 2.42. The monoisotopic (exact) mass is 528 g/mol. The van der Waals surface area contributed by atoms with Crippen molar-refractivity contribution in [3.8, 4) is 0 Å². The maximum atomic E-state index is 13.5. The minimum atomic E-state index is -1.00. The molecule has 1 atom stereocenters. The summed E-state index contributed by atoms with van der Waals surface area (Å²) in [5.41, 5.74) is 3.96. The van der Waals surface area contributed by atoms with Crippen molar-refractivity contribution in [2.75, 3.05) is 0 Å². The van der Waals surface area contributed by atoms with Crippen molar-refractivity contribution >= 4 is 28.6 Å². The Bertz CT molecular complexity index is 1460. The number of amides is 2. The second-order valence-corrected chi connectivity index (χ2v) is 9.55. The molecule has 1 aromatic heterocycles. The van der Waals surface area contributed by atoms with Crippen LogP contribution in [0.25, 0.3) is 10.8 Å². The van der Waals surface area contributed by atoms with Gasteiger partial charge in [-0.05, 0) is 46.9 Å². The van der Waals surface area contributed by atoms with Gasteiger partial charge in [0.05, 0.1) is 11.8 Å². The largest absolute Gasteiger partial charge is 0.478 e. The summed E-state index contributed by atoms with van der Waals surface area (Å²) in [7, 11) is 0. The molecule has 39 heavy (non-hydrogen) atoms. The molecule has 4 N–H and O–H groups in total. The Labute approximate surface area is 226 Å². The Balaban J connectivity index is 1.58. The van der Waals surface area contributed by atoms with Crippen molar-refractivity contribution in [3.63, 3.8) is 0 Å². The van der Waals surface area contributed by atoms with Gasteiger partial charge < -0.3 is 15.0 Å². The zero-order valence-electron chi connectivity index (χ0n) is 21.8. The van der Waals surface area contributed by atoms with Gasteiger partial charge in [-0.1, -0.05) is 67.9 Å². The molecular weight excluding hydrogens is 496 g/mol. The first-order chi connectivity index (χ1) is 18.9. The average Bonchev–Trinajstić information content (AvgIpc) is 3.34. The Hall–Kier alpha value is -4.50. The second-order valence-electron chi connectivity index (χ2n) is 9.55. The van der Waals surface area contributed by atoms with Gasteiger partial charge >= 0.3 is 5.97 Å². The predicted molar refractivity (Wildman–Crippen MR) is 147 cm³/mol. The van der Waals surface area contributed by atoms with E-state index in [0.717, 1.165) is 40.6 Å². The average molecular weight is 529 g/mol. The lowest BCUT2D eigenvalue weighted by molar-refractivity contribution is -0.129. The lowest BCUT2D eigenvalue weighted by atomic mass is 9.99. The summed E-state index contributed by atoms with van der Waals surface area (Å²) in [4.78, 5) is 41.3. The molecule has 4 rings (SSSR count). The number of carboxylic acid groups (broad SMARTS) is 1. The zero-order chi connectivity index (χ0) is 27.8. The fourth-order valence-electron chi connectivity index (χ4n) is 4.59. The smallest absolute Gasteiger partial charge is 0.335 e. The summed E-state index contributed by atoms with van der Waals surface area (Å²) in [6.07, 6.45) is 4.36. The van der Waals surface area contributed by atoms with Crippen molar-refractivity contribution in [1.82, 2.24) is 20.3 Å². The number of hydrogen-bond acceptors (Lipinski definition) is 5. The highest BCUT2D eigenvalue weighted by molar-refractivity contribution is 5.93. The highest BCUT2D eigenvalue weighted by Crippen LogP contribution is 2.19. The van der Waals surface area contributed by atoms with Crippen LogP contribution in [0.15, 0.2) is 72.9 Å². The lowest BCUT2D eigenvalue weighted by Crippen LogP contribution is -2.41. The number of carbonyl (C=O) groups is 3. The van der Waals surface area contributed by atoms with Crippen LogP contribution in [-0.2, 0) is 24.2 Å². The van der Waals surface area contributed by atoms with E-state index in [1.807, 2.05) is 47.0 Å². The fourth-order valence-corrected chi connectivity index (χ4v) is 4.59. The number of aryl methyl sites for hydroxylation is 1. The molecule has 0 radical (unpaired) electrons. The molecule has 0 saturated heterocycles. The third kappa shape index (κ3) is 7.08. The third-order valence-corrected chi connectivity index (χ3v) is 6.65. The zero-order valence-corrected chi connectivity index (χ0v) is 21.8. The van der Waals surface area contributed by atoms with Gasteiger partial charge in [0, 0.05) is 25.4 Å². The summed E-state index contributed by atoms with van der Waals surface area (Å²) >= 11 is 0. The number of fused-ring (bicyclic) bond motifs is 1. The van der Waals surface area contributed by atoms with Crippen LogP contribution in [-0.4, -0.2) is 43.7 Å². The van der Waals surface area contributed by atoms with E-state index in [1.165, 1.54) is 18.3 Å². The molecule has 1 heterocycles. The highest BCUT2D eigenvalue weighted by Gasteiger charge is 2.22. The number of nitrogens with zero attached hydrogens (tertiary/aromatic N) is 2. The SMILES string of the molecule is CCCCc1ncc(C(=O)N[C@@H](CC(=O)NO)Cc2ccc3ccccc3c2)n1Cc1ccc(C(=O)O)cc1. The van der Waals surface area contributed by atoms with Crippen LogP contribution in [0.1, 0.15) is 64.0 Å². The number of carboxylic acids is 1. The topological polar surface area (TPSA) is 134 Å². The number of unbranched alkanes of at least 4 members (excludes halogenated alkanes) is 1. The van der Waals surface area contributed by atoms with Gasteiger partial charge in [-0.15, -0.1) is 0 Å². The molecule has 2 amide bonds. The summed E-state index contributed by atoms with van der Waals surface area (Å²) in [5.74, 6) is -1.23. The summed E-state index contributed by atoms with van der Waals surface area (Å²) < 4.78 is 1.83. The number of carbonyl (C=O) groups excluding carboxylic acids is 2. The summed E-state index contributed by atoms with van der Waals surface area (Å²) in [6, 6.07) is 19.9. The van der Waals surface area contributed by atoms with Gasteiger partial charge in [0.15, 0.2) is 0 Å². The van der Waals surface area contributed by atoms with Gasteiger partial charge in [0.25, 0.3) is 5.91 Å². The molecule has 0 saturated carbocycles.